The Morgan fingerprint density at radius 3 is 2.40 bits per heavy atom. The molecule has 2 N–H and O–H groups in total. The Morgan fingerprint density at radius 2 is 1.80 bits per heavy atom. The largest absolute Gasteiger partial charge is 0.355 e. The van der Waals surface area contributed by atoms with Crippen LogP contribution in [0.2, 0.25) is 0 Å². The summed E-state index contributed by atoms with van der Waals surface area (Å²) in [6.45, 7) is 4.64. The molecular formula is C15H29IN4. The van der Waals surface area contributed by atoms with Gasteiger partial charge < -0.3 is 15.5 Å². The molecule has 2 aliphatic rings. The number of nitrogens with zero attached hydrogens (tertiary/aromatic N) is 2. The molecule has 5 heteroatoms. The van der Waals surface area contributed by atoms with Crippen LogP contribution in [-0.2, 0) is 0 Å². The zero-order valence-electron chi connectivity index (χ0n) is 12.6. The fraction of sp³-hybridized carbons (Fsp3) is 0.800. The lowest BCUT2D eigenvalue weighted by molar-refractivity contribution is 0.289. The molecule has 116 valence electrons. The van der Waals surface area contributed by atoms with Crippen LogP contribution in [0.5, 0.6) is 0 Å². The van der Waals surface area contributed by atoms with Crippen LogP contribution in [0.3, 0.4) is 0 Å². The summed E-state index contributed by atoms with van der Waals surface area (Å²) in [5.41, 5.74) is 0. The van der Waals surface area contributed by atoms with Crippen LogP contribution in [0.25, 0.3) is 0 Å². The summed E-state index contributed by atoms with van der Waals surface area (Å²) >= 11 is 0. The van der Waals surface area contributed by atoms with E-state index in [1.54, 1.807) is 0 Å². The minimum Gasteiger partial charge on any atom is -0.355 e. The van der Waals surface area contributed by atoms with Crippen molar-refractivity contribution in [3.8, 4) is 0 Å². The van der Waals surface area contributed by atoms with Crippen molar-refractivity contribution in [1.82, 2.24) is 15.5 Å². The average molecular weight is 392 g/mol. The second-order valence-electron chi connectivity index (χ2n) is 5.54. The Kier molecular flexibility index (Phi) is 9.26. The van der Waals surface area contributed by atoms with Gasteiger partial charge in [-0.2, -0.15) is 0 Å². The van der Waals surface area contributed by atoms with Crippen molar-refractivity contribution in [3.05, 3.63) is 12.2 Å². The summed E-state index contributed by atoms with van der Waals surface area (Å²) in [4.78, 5) is 6.87. The van der Waals surface area contributed by atoms with E-state index in [0.717, 1.165) is 31.9 Å². The van der Waals surface area contributed by atoms with Crippen LogP contribution >= 0.6 is 24.0 Å². The highest BCUT2D eigenvalue weighted by Crippen LogP contribution is 2.09. The lowest BCUT2D eigenvalue weighted by atomic mass is 10.2. The quantitative estimate of drug-likeness (QED) is 0.334. The van der Waals surface area contributed by atoms with Crippen molar-refractivity contribution in [2.45, 2.75) is 44.6 Å². The smallest absolute Gasteiger partial charge is 0.191 e. The summed E-state index contributed by atoms with van der Waals surface area (Å²) in [6, 6.07) is 0.532. The monoisotopic (exact) mass is 392 g/mol. The number of nitrogens with one attached hydrogen (secondary N) is 2. The normalized spacial score (nSPS) is 21.4. The van der Waals surface area contributed by atoms with Crippen molar-refractivity contribution in [1.29, 1.82) is 0 Å². The Morgan fingerprint density at radius 1 is 1.15 bits per heavy atom. The number of aliphatic imine (C=N–C) groups is 1. The first-order valence-corrected chi connectivity index (χ1v) is 7.73. The fourth-order valence-corrected chi connectivity index (χ4v) is 2.82. The minimum atomic E-state index is 0. The molecule has 0 aromatic rings. The summed E-state index contributed by atoms with van der Waals surface area (Å²) < 4.78 is 0. The lowest BCUT2D eigenvalue weighted by Gasteiger charge is -2.21. The third-order valence-corrected chi connectivity index (χ3v) is 3.99. The van der Waals surface area contributed by atoms with Gasteiger partial charge in [-0.15, -0.1) is 24.0 Å². The number of hydrogen-bond acceptors (Lipinski definition) is 2. The van der Waals surface area contributed by atoms with E-state index < -0.39 is 0 Å². The highest BCUT2D eigenvalue weighted by molar-refractivity contribution is 14.0. The second kappa shape index (κ2) is 10.4. The van der Waals surface area contributed by atoms with E-state index in [1.165, 1.54) is 38.8 Å². The molecule has 0 aromatic carbocycles. The minimum absolute atomic E-state index is 0. The van der Waals surface area contributed by atoms with E-state index in [-0.39, 0.29) is 24.0 Å². The van der Waals surface area contributed by atoms with Crippen LogP contribution in [0.1, 0.15) is 38.5 Å². The molecule has 1 heterocycles. The van der Waals surface area contributed by atoms with E-state index in [1.807, 2.05) is 7.05 Å². The van der Waals surface area contributed by atoms with E-state index in [9.17, 15) is 0 Å². The van der Waals surface area contributed by atoms with Gasteiger partial charge in [0.25, 0.3) is 0 Å². The van der Waals surface area contributed by atoms with Gasteiger partial charge in [0.15, 0.2) is 5.96 Å². The third kappa shape index (κ3) is 6.43. The molecule has 0 atom stereocenters. The second-order valence-corrected chi connectivity index (χ2v) is 5.54. The highest BCUT2D eigenvalue weighted by Gasteiger charge is 2.12. The maximum absolute atomic E-state index is 4.30. The molecule has 1 saturated heterocycles. The first-order chi connectivity index (χ1) is 9.38. The molecule has 1 aliphatic heterocycles. The molecule has 1 fully saturated rings. The van der Waals surface area contributed by atoms with Crippen molar-refractivity contribution < 1.29 is 0 Å². The summed E-state index contributed by atoms with van der Waals surface area (Å²) in [7, 11) is 1.85. The van der Waals surface area contributed by atoms with Gasteiger partial charge in [-0.05, 0) is 38.8 Å². The maximum atomic E-state index is 4.30. The van der Waals surface area contributed by atoms with Gasteiger partial charge >= 0.3 is 0 Å². The Hall–Kier alpha value is -0.300. The molecule has 0 spiro atoms. The van der Waals surface area contributed by atoms with E-state index >= 15 is 0 Å². The van der Waals surface area contributed by atoms with Gasteiger partial charge in [0, 0.05) is 26.2 Å². The molecule has 20 heavy (non-hydrogen) atoms. The average Bonchev–Trinajstić information content (AvgIpc) is 2.80. The molecule has 4 nitrogen and oxygen atoms in total. The predicted octanol–water partition coefficient (Wildman–Crippen LogP) is 2.36. The van der Waals surface area contributed by atoms with E-state index in [2.05, 4.69) is 32.7 Å². The van der Waals surface area contributed by atoms with Gasteiger partial charge in [-0.25, -0.2) is 0 Å². The number of guanidine groups is 1. The highest BCUT2D eigenvalue weighted by atomic mass is 127. The van der Waals surface area contributed by atoms with Gasteiger partial charge in [0.2, 0.25) is 0 Å². The zero-order valence-corrected chi connectivity index (χ0v) is 14.9. The molecule has 0 saturated carbocycles. The third-order valence-electron chi connectivity index (χ3n) is 3.99. The first-order valence-electron chi connectivity index (χ1n) is 7.73. The molecule has 2 rings (SSSR count). The molecule has 0 bridgehead atoms. The molecule has 0 radical (unpaired) electrons. The Bertz CT molecular complexity index is 301. The van der Waals surface area contributed by atoms with Crippen LogP contribution in [0.15, 0.2) is 17.1 Å². The molecule has 0 aromatic heterocycles. The van der Waals surface area contributed by atoms with Gasteiger partial charge in [-0.1, -0.05) is 25.0 Å². The number of halogens is 1. The fourth-order valence-electron chi connectivity index (χ4n) is 2.82. The number of hydrogen-bond donors (Lipinski definition) is 2. The SMILES string of the molecule is CN=C(NCCN1CCCCCC1)NC1CC=CC1.I. The lowest BCUT2D eigenvalue weighted by Crippen LogP contribution is -2.45. The van der Waals surface area contributed by atoms with Crippen molar-refractivity contribution in [2.75, 3.05) is 33.2 Å². The molecule has 0 amide bonds. The van der Waals surface area contributed by atoms with E-state index in [4.69, 9.17) is 0 Å². The standard InChI is InChI=1S/C15H28N4.HI/c1-16-15(18-14-8-4-5-9-14)17-10-13-19-11-6-2-3-7-12-19;/h4-5,14H,2-3,6-13H2,1H3,(H2,16,17,18);1H. The van der Waals surface area contributed by atoms with Crippen LogP contribution < -0.4 is 10.6 Å². The van der Waals surface area contributed by atoms with Gasteiger partial charge in [0.05, 0.1) is 0 Å². The molecule has 1 aliphatic carbocycles. The van der Waals surface area contributed by atoms with Crippen LogP contribution in [0, 0.1) is 0 Å². The molecular weight excluding hydrogens is 363 g/mol. The van der Waals surface area contributed by atoms with Crippen molar-refractivity contribution >= 4 is 29.9 Å². The Labute approximate surface area is 140 Å². The number of rotatable bonds is 4. The first kappa shape index (κ1) is 17.8. The molecule has 0 unspecified atom stereocenters. The topological polar surface area (TPSA) is 39.7 Å². The summed E-state index contributed by atoms with van der Waals surface area (Å²) in [5.74, 6) is 0.948. The van der Waals surface area contributed by atoms with E-state index in [0.29, 0.717) is 6.04 Å². The summed E-state index contributed by atoms with van der Waals surface area (Å²) in [6.07, 6.45) is 12.2. The Balaban J connectivity index is 0.00000200. The zero-order chi connectivity index (χ0) is 13.3. The van der Waals surface area contributed by atoms with Crippen molar-refractivity contribution in [3.63, 3.8) is 0 Å². The van der Waals surface area contributed by atoms with Crippen LogP contribution in [0.4, 0.5) is 0 Å². The summed E-state index contributed by atoms with van der Waals surface area (Å²) in [5, 5.41) is 6.91. The predicted molar refractivity (Wildman–Crippen MR) is 97.0 cm³/mol. The number of likely N-dealkylation sites (tertiary alicyclic amines) is 1. The van der Waals surface area contributed by atoms with Gasteiger partial charge in [-0.3, -0.25) is 4.99 Å². The van der Waals surface area contributed by atoms with Gasteiger partial charge in [0.1, 0.15) is 0 Å². The van der Waals surface area contributed by atoms with Crippen molar-refractivity contribution in [2.24, 2.45) is 4.99 Å². The maximum Gasteiger partial charge on any atom is 0.191 e. The van der Waals surface area contributed by atoms with Crippen LogP contribution in [-0.4, -0.2) is 50.1 Å².